The molecule has 0 aliphatic heterocycles. The van der Waals surface area contributed by atoms with Crippen LogP contribution in [0.15, 0.2) is 24.3 Å². The molecule has 0 saturated carbocycles. The number of aliphatic carboxylic acids is 1. The van der Waals surface area contributed by atoms with Gasteiger partial charge in [-0.1, -0.05) is 23.7 Å². The molecule has 0 aliphatic rings. The third-order valence-electron chi connectivity index (χ3n) is 2.23. The van der Waals surface area contributed by atoms with E-state index in [-0.39, 0.29) is 57.9 Å². The van der Waals surface area contributed by atoms with Crippen LogP contribution in [0.2, 0.25) is 5.02 Å². The average Bonchev–Trinajstić information content (AvgIpc) is 2.24. The molecular formula is C11H10ClF3KNO2. The van der Waals surface area contributed by atoms with Gasteiger partial charge in [-0.25, -0.2) is 0 Å². The summed E-state index contributed by atoms with van der Waals surface area (Å²) >= 11 is 5.63. The van der Waals surface area contributed by atoms with Crippen LogP contribution in [-0.2, 0) is 4.79 Å². The van der Waals surface area contributed by atoms with Gasteiger partial charge in [-0.2, -0.15) is 13.2 Å². The normalized spacial score (nSPS) is 12.6. The maximum absolute atomic E-state index is 11.9. The summed E-state index contributed by atoms with van der Waals surface area (Å²) in [5, 5.41) is 13.3. The second kappa shape index (κ2) is 8.61. The van der Waals surface area contributed by atoms with Crippen LogP contribution in [-0.4, -0.2) is 25.2 Å². The van der Waals surface area contributed by atoms with Gasteiger partial charge >= 0.3 is 57.6 Å². The summed E-state index contributed by atoms with van der Waals surface area (Å²) in [5.41, 5.74) is 0.342. The van der Waals surface area contributed by atoms with Crippen molar-refractivity contribution in [2.45, 2.75) is 12.1 Å². The molecule has 0 fully saturated rings. The van der Waals surface area contributed by atoms with E-state index >= 15 is 0 Å². The summed E-state index contributed by atoms with van der Waals surface area (Å²) in [7, 11) is 0. The maximum atomic E-state index is 11.9. The van der Waals surface area contributed by atoms with E-state index in [1.807, 2.05) is 5.32 Å². The molecule has 1 aromatic rings. The van der Waals surface area contributed by atoms with Crippen molar-refractivity contribution in [2.75, 3.05) is 13.1 Å². The van der Waals surface area contributed by atoms with Crippen LogP contribution in [0.3, 0.4) is 0 Å². The predicted octanol–water partition coefficient (Wildman–Crippen LogP) is -1.67. The molecule has 1 aromatic carbocycles. The van der Waals surface area contributed by atoms with Gasteiger partial charge in [0.05, 0.1) is 12.5 Å². The van der Waals surface area contributed by atoms with E-state index < -0.39 is 24.6 Å². The number of benzene rings is 1. The van der Waals surface area contributed by atoms with E-state index in [4.69, 9.17) is 11.6 Å². The van der Waals surface area contributed by atoms with Crippen LogP contribution in [0.4, 0.5) is 13.2 Å². The Balaban J connectivity index is 0.00000324. The first-order valence-corrected chi connectivity index (χ1v) is 5.41. The summed E-state index contributed by atoms with van der Waals surface area (Å²) in [5.74, 6) is -2.59. The molecule has 1 N–H and O–H groups in total. The number of carbonyl (C=O) groups is 1. The Hall–Kier alpha value is 0.366. The fraction of sp³-hybridized carbons (Fsp3) is 0.364. The summed E-state index contributed by atoms with van der Waals surface area (Å²) < 4.78 is 35.8. The van der Waals surface area contributed by atoms with Gasteiger partial charge in [0.25, 0.3) is 0 Å². The van der Waals surface area contributed by atoms with Crippen LogP contribution in [0.5, 0.6) is 0 Å². The minimum absolute atomic E-state index is 0. The van der Waals surface area contributed by atoms with Gasteiger partial charge in [0.2, 0.25) is 0 Å². The topological polar surface area (TPSA) is 52.2 Å². The van der Waals surface area contributed by atoms with Gasteiger partial charge < -0.3 is 15.2 Å². The SMILES string of the molecule is O=C([O-])C(CNCC(F)(F)F)c1ccc(Cl)cc1.[K+]. The molecule has 100 valence electrons. The van der Waals surface area contributed by atoms with E-state index in [9.17, 15) is 23.1 Å². The summed E-state index contributed by atoms with van der Waals surface area (Å²) in [4.78, 5) is 10.9. The van der Waals surface area contributed by atoms with Crippen molar-refractivity contribution in [1.82, 2.24) is 5.32 Å². The zero-order valence-corrected chi connectivity index (χ0v) is 14.0. The maximum Gasteiger partial charge on any atom is 1.00 e. The van der Waals surface area contributed by atoms with Crippen LogP contribution >= 0.6 is 11.6 Å². The van der Waals surface area contributed by atoms with Crippen molar-refractivity contribution in [2.24, 2.45) is 0 Å². The fourth-order valence-electron chi connectivity index (χ4n) is 1.39. The molecule has 0 heterocycles. The zero-order chi connectivity index (χ0) is 13.8. The number of halogens is 4. The third-order valence-corrected chi connectivity index (χ3v) is 2.48. The fourth-order valence-corrected chi connectivity index (χ4v) is 1.52. The molecule has 0 aromatic heterocycles. The largest absolute Gasteiger partial charge is 1.00 e. The number of carboxylic acid groups (broad SMARTS) is 1. The van der Waals surface area contributed by atoms with Crippen LogP contribution in [0.25, 0.3) is 0 Å². The Bertz CT molecular complexity index is 411. The van der Waals surface area contributed by atoms with E-state index in [0.29, 0.717) is 10.6 Å². The first kappa shape index (κ1) is 19.4. The van der Waals surface area contributed by atoms with Gasteiger partial charge in [0.15, 0.2) is 0 Å². The van der Waals surface area contributed by atoms with Gasteiger partial charge in [-0.3, -0.25) is 0 Å². The standard InChI is InChI=1S/C11H11ClF3NO2.K/c12-8-3-1-7(2-4-8)9(10(17)18)5-16-6-11(13,14)15;/h1-4,9,16H,5-6H2,(H,17,18);/q;+1/p-1. The second-order valence-corrected chi connectivity index (χ2v) is 4.11. The summed E-state index contributed by atoms with van der Waals surface area (Å²) in [6.45, 7) is -1.60. The van der Waals surface area contributed by atoms with Crippen molar-refractivity contribution in [3.63, 3.8) is 0 Å². The quantitative estimate of drug-likeness (QED) is 0.660. The monoisotopic (exact) mass is 319 g/mol. The minimum Gasteiger partial charge on any atom is -0.549 e. The van der Waals surface area contributed by atoms with E-state index in [2.05, 4.69) is 0 Å². The van der Waals surface area contributed by atoms with Crippen LogP contribution in [0, 0.1) is 0 Å². The molecule has 0 amide bonds. The molecule has 0 saturated heterocycles. The molecule has 1 rings (SSSR count). The first-order chi connectivity index (χ1) is 8.29. The predicted molar refractivity (Wildman–Crippen MR) is 58.1 cm³/mol. The van der Waals surface area contributed by atoms with Crippen LogP contribution in [0.1, 0.15) is 11.5 Å². The third kappa shape index (κ3) is 7.65. The van der Waals surface area contributed by atoms with Crippen molar-refractivity contribution in [1.29, 1.82) is 0 Å². The zero-order valence-electron chi connectivity index (χ0n) is 10.1. The molecule has 0 radical (unpaired) electrons. The molecule has 0 spiro atoms. The molecule has 0 aliphatic carbocycles. The van der Waals surface area contributed by atoms with Crippen molar-refractivity contribution < 1.29 is 74.5 Å². The van der Waals surface area contributed by atoms with Crippen molar-refractivity contribution in [3.05, 3.63) is 34.9 Å². The molecule has 0 bridgehead atoms. The Kier molecular flexibility index (Phi) is 8.77. The second-order valence-electron chi connectivity index (χ2n) is 3.67. The first-order valence-electron chi connectivity index (χ1n) is 5.03. The summed E-state index contributed by atoms with van der Waals surface area (Å²) in [6.07, 6.45) is -4.38. The van der Waals surface area contributed by atoms with E-state index in [0.717, 1.165) is 0 Å². The van der Waals surface area contributed by atoms with Gasteiger partial charge in [0.1, 0.15) is 0 Å². The number of carboxylic acids is 1. The summed E-state index contributed by atoms with van der Waals surface area (Å²) in [6, 6.07) is 5.82. The Labute approximate surface area is 155 Å². The van der Waals surface area contributed by atoms with Crippen molar-refractivity contribution >= 4 is 17.6 Å². The van der Waals surface area contributed by atoms with Gasteiger partial charge in [0, 0.05) is 17.5 Å². The number of carbonyl (C=O) groups excluding carboxylic acids is 1. The number of hydrogen-bond acceptors (Lipinski definition) is 3. The molecule has 1 atom stereocenters. The molecule has 3 nitrogen and oxygen atoms in total. The van der Waals surface area contributed by atoms with E-state index in [1.165, 1.54) is 24.3 Å². The molecular weight excluding hydrogens is 310 g/mol. The Morgan fingerprint density at radius 1 is 1.32 bits per heavy atom. The minimum atomic E-state index is -4.38. The average molecular weight is 320 g/mol. The molecule has 8 heteroatoms. The van der Waals surface area contributed by atoms with Crippen molar-refractivity contribution in [3.8, 4) is 0 Å². The molecule has 19 heavy (non-hydrogen) atoms. The number of alkyl halides is 3. The smallest absolute Gasteiger partial charge is 0.549 e. The number of hydrogen-bond donors (Lipinski definition) is 1. The molecule has 1 unspecified atom stereocenters. The Morgan fingerprint density at radius 2 is 1.84 bits per heavy atom. The van der Waals surface area contributed by atoms with Crippen LogP contribution < -0.4 is 61.8 Å². The Morgan fingerprint density at radius 3 is 2.26 bits per heavy atom. The number of nitrogens with one attached hydrogen (secondary N) is 1. The van der Waals surface area contributed by atoms with E-state index in [1.54, 1.807) is 0 Å². The number of rotatable bonds is 5. The van der Waals surface area contributed by atoms with Gasteiger partial charge in [-0.15, -0.1) is 0 Å². The van der Waals surface area contributed by atoms with Gasteiger partial charge in [-0.05, 0) is 17.7 Å².